The van der Waals surface area contributed by atoms with Crippen LogP contribution in [0.2, 0.25) is 0 Å². The van der Waals surface area contributed by atoms with Crippen LogP contribution in [0.5, 0.6) is 0 Å². The molecule has 1 aromatic heterocycles. The normalized spacial score (nSPS) is 11.8. The van der Waals surface area contributed by atoms with E-state index in [4.69, 9.17) is 10.1 Å². The van der Waals surface area contributed by atoms with Crippen molar-refractivity contribution in [1.29, 1.82) is 5.41 Å². The van der Waals surface area contributed by atoms with Crippen LogP contribution in [0.25, 0.3) is 11.1 Å². The Hall–Kier alpha value is -2.66. The molecule has 3 aromatic rings. The van der Waals surface area contributed by atoms with Crippen molar-refractivity contribution in [2.24, 2.45) is 0 Å². The van der Waals surface area contributed by atoms with Crippen molar-refractivity contribution in [3.63, 3.8) is 0 Å². The van der Waals surface area contributed by atoms with Gasteiger partial charge < -0.3 is 9.84 Å². The van der Waals surface area contributed by atoms with E-state index in [2.05, 4.69) is 0 Å². The molecule has 0 saturated heterocycles. The highest BCUT2D eigenvalue weighted by Crippen LogP contribution is 2.42. The molecule has 0 spiro atoms. The lowest BCUT2D eigenvalue weighted by Crippen LogP contribution is -2.35. The number of aliphatic hydroxyl groups is 1. The smallest absolute Gasteiger partial charge is 0.420 e. The van der Waals surface area contributed by atoms with Gasteiger partial charge in [-0.15, -0.1) is 23.1 Å². The molecular formula is C25H28N2O5S3. The maximum absolute atomic E-state index is 13.7. The Labute approximate surface area is 214 Å². The molecule has 0 aliphatic heterocycles. The molecule has 186 valence electrons. The fourth-order valence-electron chi connectivity index (χ4n) is 3.53. The number of carbonyl (C=O) groups excluding carboxylic acids is 1. The van der Waals surface area contributed by atoms with Crippen LogP contribution in [-0.2, 0) is 21.2 Å². The van der Waals surface area contributed by atoms with Crippen molar-refractivity contribution in [3.05, 3.63) is 59.7 Å². The standard InChI is InChI=1S/C25H28N2O5S3/c1-16-8-6-10-18(14-28)22(16)17-9-7-11-19(12-17)35(30,31)20-13-21(34-23(20)33-5)27(15-26)24(29)32-25(2,3)4/h6-13,15,26,28H,14H2,1-5H3. The summed E-state index contributed by atoms with van der Waals surface area (Å²) >= 11 is 2.35. The molecule has 0 saturated carbocycles. The molecule has 0 aliphatic carbocycles. The first-order valence-electron chi connectivity index (χ1n) is 10.7. The molecule has 0 bridgehead atoms. The van der Waals surface area contributed by atoms with Crippen molar-refractivity contribution < 1.29 is 23.1 Å². The number of anilines is 1. The first-order valence-corrected chi connectivity index (χ1v) is 14.2. The largest absolute Gasteiger partial charge is 0.443 e. The monoisotopic (exact) mass is 532 g/mol. The molecule has 1 heterocycles. The third-order valence-electron chi connectivity index (χ3n) is 5.05. The van der Waals surface area contributed by atoms with E-state index < -0.39 is 21.5 Å². The van der Waals surface area contributed by atoms with Gasteiger partial charge in [-0.2, -0.15) is 0 Å². The second-order valence-corrected chi connectivity index (χ2v) is 12.7. The lowest BCUT2D eigenvalue weighted by atomic mass is 9.95. The van der Waals surface area contributed by atoms with Crippen molar-refractivity contribution >= 4 is 50.4 Å². The number of amides is 1. The van der Waals surface area contributed by atoms with E-state index in [9.17, 15) is 18.3 Å². The lowest BCUT2D eigenvalue weighted by molar-refractivity contribution is 0.0606. The van der Waals surface area contributed by atoms with E-state index in [0.717, 1.165) is 33.7 Å². The molecule has 0 fully saturated rings. The Morgan fingerprint density at radius 1 is 1.20 bits per heavy atom. The molecule has 0 atom stereocenters. The second kappa shape index (κ2) is 10.5. The average Bonchev–Trinajstić information content (AvgIpc) is 3.23. The number of nitrogens with one attached hydrogen (secondary N) is 1. The summed E-state index contributed by atoms with van der Waals surface area (Å²) in [5.74, 6) is 0. The highest BCUT2D eigenvalue weighted by atomic mass is 32.2. The zero-order valence-electron chi connectivity index (χ0n) is 20.2. The quantitative estimate of drug-likeness (QED) is 0.216. The van der Waals surface area contributed by atoms with Gasteiger partial charge in [-0.3, -0.25) is 5.41 Å². The summed E-state index contributed by atoms with van der Waals surface area (Å²) in [4.78, 5) is 13.7. The summed E-state index contributed by atoms with van der Waals surface area (Å²) in [6.07, 6.45) is 1.81. The van der Waals surface area contributed by atoms with Gasteiger partial charge in [0.1, 0.15) is 10.6 Å². The topological polar surface area (TPSA) is 108 Å². The van der Waals surface area contributed by atoms with Gasteiger partial charge in [0.25, 0.3) is 0 Å². The van der Waals surface area contributed by atoms with Gasteiger partial charge in [-0.25, -0.2) is 18.1 Å². The molecule has 10 heteroatoms. The van der Waals surface area contributed by atoms with Gasteiger partial charge in [0.2, 0.25) is 9.84 Å². The minimum absolute atomic E-state index is 0.0599. The predicted octanol–water partition coefficient (Wildman–Crippen LogP) is 6.12. The number of aliphatic hydroxyl groups excluding tert-OH is 1. The number of sulfone groups is 1. The number of hydrogen-bond donors (Lipinski definition) is 2. The fraction of sp³-hybridized carbons (Fsp3) is 0.280. The highest BCUT2D eigenvalue weighted by molar-refractivity contribution is 8.01. The van der Waals surface area contributed by atoms with Gasteiger partial charge in [-0.05, 0) is 74.4 Å². The molecule has 2 aromatic carbocycles. The number of ether oxygens (including phenoxy) is 1. The van der Waals surface area contributed by atoms with Crippen molar-refractivity contribution in [1.82, 2.24) is 0 Å². The molecular weight excluding hydrogens is 504 g/mol. The number of rotatable bonds is 7. The first kappa shape index (κ1) is 26.9. The molecule has 0 radical (unpaired) electrons. The van der Waals surface area contributed by atoms with Crippen molar-refractivity contribution in [2.45, 2.75) is 53.9 Å². The minimum atomic E-state index is -3.95. The maximum atomic E-state index is 13.7. The molecule has 7 nitrogen and oxygen atoms in total. The lowest BCUT2D eigenvalue weighted by Gasteiger charge is -2.23. The molecule has 35 heavy (non-hydrogen) atoms. The fourth-order valence-corrected chi connectivity index (χ4v) is 7.52. The third kappa shape index (κ3) is 5.78. The summed E-state index contributed by atoms with van der Waals surface area (Å²) in [5, 5.41) is 17.8. The number of nitrogens with zero attached hydrogens (tertiary/aromatic N) is 1. The number of thiophene rings is 1. The summed E-state index contributed by atoms with van der Waals surface area (Å²) in [5.41, 5.74) is 2.34. The molecule has 3 rings (SSSR count). The molecule has 2 N–H and O–H groups in total. The number of hydrogen-bond acceptors (Lipinski definition) is 8. The number of aryl methyl sites for hydroxylation is 1. The average molecular weight is 533 g/mol. The molecule has 0 aliphatic rings. The van der Waals surface area contributed by atoms with Gasteiger partial charge in [-0.1, -0.05) is 30.3 Å². The van der Waals surface area contributed by atoms with Crippen LogP contribution in [0, 0.1) is 12.3 Å². The van der Waals surface area contributed by atoms with Crippen LogP contribution in [0.3, 0.4) is 0 Å². The van der Waals surface area contributed by atoms with Crippen LogP contribution in [0.4, 0.5) is 9.80 Å². The summed E-state index contributed by atoms with van der Waals surface area (Å²) < 4.78 is 33.3. The van der Waals surface area contributed by atoms with E-state index in [-0.39, 0.29) is 21.4 Å². The summed E-state index contributed by atoms with van der Waals surface area (Å²) in [6, 6.07) is 13.6. The van der Waals surface area contributed by atoms with Crippen LogP contribution in [0.1, 0.15) is 31.9 Å². The summed E-state index contributed by atoms with van der Waals surface area (Å²) in [6.45, 7) is 6.90. The van der Waals surface area contributed by atoms with Gasteiger partial charge in [0, 0.05) is 0 Å². The highest BCUT2D eigenvalue weighted by Gasteiger charge is 2.29. The third-order valence-corrected chi connectivity index (χ3v) is 9.35. The predicted molar refractivity (Wildman–Crippen MR) is 142 cm³/mol. The number of carbonyl (C=O) groups is 1. The Morgan fingerprint density at radius 3 is 2.49 bits per heavy atom. The SMILES string of the molecule is CSc1sc(N(C=N)C(=O)OC(C)(C)C)cc1S(=O)(=O)c1cccc(-c2c(C)cccc2CO)c1. The zero-order valence-corrected chi connectivity index (χ0v) is 22.6. The van der Waals surface area contributed by atoms with Gasteiger partial charge in [0.15, 0.2) is 0 Å². The van der Waals surface area contributed by atoms with Crippen LogP contribution in [-0.4, -0.2) is 37.8 Å². The Balaban J connectivity index is 2.09. The van der Waals surface area contributed by atoms with Crippen molar-refractivity contribution in [3.8, 4) is 11.1 Å². The van der Waals surface area contributed by atoms with Gasteiger partial charge >= 0.3 is 6.09 Å². The number of thioether (sulfide) groups is 1. The molecule has 0 unspecified atom stereocenters. The van der Waals surface area contributed by atoms with E-state index in [1.165, 1.54) is 23.9 Å². The Kier molecular flexibility index (Phi) is 8.10. The van der Waals surface area contributed by atoms with Gasteiger partial charge in [0.05, 0.1) is 26.9 Å². The maximum Gasteiger partial charge on any atom is 0.420 e. The van der Waals surface area contributed by atoms with Crippen LogP contribution >= 0.6 is 23.1 Å². The Morgan fingerprint density at radius 2 is 1.89 bits per heavy atom. The van der Waals surface area contributed by atoms with Crippen molar-refractivity contribution in [2.75, 3.05) is 11.2 Å². The zero-order chi connectivity index (χ0) is 26.0. The minimum Gasteiger partial charge on any atom is -0.443 e. The number of benzene rings is 2. The van der Waals surface area contributed by atoms with E-state index in [1.807, 2.05) is 31.2 Å². The van der Waals surface area contributed by atoms with E-state index >= 15 is 0 Å². The van der Waals surface area contributed by atoms with Crippen LogP contribution in [0.15, 0.2) is 62.5 Å². The molecule has 1 amide bonds. The van der Waals surface area contributed by atoms with E-state index in [1.54, 1.807) is 39.2 Å². The van der Waals surface area contributed by atoms with Crippen LogP contribution < -0.4 is 4.90 Å². The first-order chi connectivity index (χ1) is 16.4. The van der Waals surface area contributed by atoms with E-state index in [0.29, 0.717) is 15.3 Å². The second-order valence-electron chi connectivity index (χ2n) is 8.72. The Bertz CT molecular complexity index is 1360. The summed E-state index contributed by atoms with van der Waals surface area (Å²) in [7, 11) is -3.95.